The van der Waals surface area contributed by atoms with Crippen LogP contribution in [0.4, 0.5) is 11.4 Å². The summed E-state index contributed by atoms with van der Waals surface area (Å²) in [6.07, 6.45) is 1.85. The number of aliphatic imine (C=N–C) groups is 1. The van der Waals surface area contributed by atoms with Crippen molar-refractivity contribution in [1.82, 2.24) is 0 Å². The molecule has 2 rings (SSSR count). The highest BCUT2D eigenvalue weighted by Crippen LogP contribution is 2.22. The predicted molar refractivity (Wildman–Crippen MR) is 103 cm³/mol. The van der Waals surface area contributed by atoms with Crippen molar-refractivity contribution in [2.24, 2.45) is 10.7 Å². The summed E-state index contributed by atoms with van der Waals surface area (Å²) in [5.41, 5.74) is 10.4. The van der Waals surface area contributed by atoms with E-state index in [4.69, 9.17) is 18.0 Å². The zero-order valence-corrected chi connectivity index (χ0v) is 14.3. The van der Waals surface area contributed by atoms with Crippen LogP contribution < -0.4 is 16.4 Å². The standard InChI is InChI=1S/C18H22N4S/c1-3-13-9-8-10-14(4-2)16(13)21-17(19)22-18(23)20-15-11-6-5-7-12-15/h5-12H,3-4H2,1-2H3,(H4,19,20,21,22,23). The van der Waals surface area contributed by atoms with Gasteiger partial charge in [0.15, 0.2) is 0 Å². The molecule has 2 aromatic rings. The van der Waals surface area contributed by atoms with Crippen LogP contribution in [0.3, 0.4) is 0 Å². The molecule has 23 heavy (non-hydrogen) atoms. The van der Waals surface area contributed by atoms with E-state index in [0.717, 1.165) is 24.2 Å². The van der Waals surface area contributed by atoms with Gasteiger partial charge in [0.1, 0.15) is 0 Å². The summed E-state index contributed by atoms with van der Waals surface area (Å²) >= 11 is 5.23. The maximum absolute atomic E-state index is 6.02. The van der Waals surface area contributed by atoms with Gasteiger partial charge in [-0.2, -0.15) is 4.99 Å². The van der Waals surface area contributed by atoms with Gasteiger partial charge in [0, 0.05) is 11.4 Å². The number of nitrogens with one attached hydrogen (secondary N) is 2. The van der Waals surface area contributed by atoms with Crippen molar-refractivity contribution < 1.29 is 0 Å². The van der Waals surface area contributed by atoms with E-state index in [2.05, 4.69) is 47.7 Å². The molecule has 0 heterocycles. The molecule has 120 valence electrons. The number of thiocarbonyl (C=S) groups is 1. The van der Waals surface area contributed by atoms with E-state index < -0.39 is 0 Å². The smallest absolute Gasteiger partial charge is 0.200 e. The van der Waals surface area contributed by atoms with E-state index in [1.807, 2.05) is 30.3 Å². The van der Waals surface area contributed by atoms with Crippen LogP contribution in [0.15, 0.2) is 53.5 Å². The number of para-hydroxylation sites is 2. The van der Waals surface area contributed by atoms with Crippen molar-refractivity contribution in [3.8, 4) is 0 Å². The second kappa shape index (κ2) is 8.29. The molecular formula is C18H22N4S. The van der Waals surface area contributed by atoms with Gasteiger partial charge in [-0.1, -0.05) is 50.2 Å². The lowest BCUT2D eigenvalue weighted by Gasteiger charge is -2.15. The Morgan fingerprint density at radius 2 is 1.57 bits per heavy atom. The Labute approximate surface area is 142 Å². The van der Waals surface area contributed by atoms with Gasteiger partial charge in [-0.15, -0.1) is 0 Å². The lowest BCUT2D eigenvalue weighted by atomic mass is 10.0. The Morgan fingerprint density at radius 3 is 2.13 bits per heavy atom. The summed E-state index contributed by atoms with van der Waals surface area (Å²) in [7, 11) is 0. The molecule has 2 aromatic carbocycles. The minimum Gasteiger partial charge on any atom is -0.369 e. The molecule has 0 bridgehead atoms. The highest BCUT2D eigenvalue weighted by molar-refractivity contribution is 7.80. The molecule has 4 nitrogen and oxygen atoms in total. The minimum absolute atomic E-state index is 0.286. The van der Waals surface area contributed by atoms with Crippen LogP contribution in [-0.2, 0) is 12.8 Å². The molecule has 0 amide bonds. The van der Waals surface area contributed by atoms with Gasteiger partial charge in [-0.3, -0.25) is 0 Å². The van der Waals surface area contributed by atoms with E-state index >= 15 is 0 Å². The fourth-order valence-electron chi connectivity index (χ4n) is 2.34. The normalized spacial score (nSPS) is 11.1. The number of hydrogen-bond donors (Lipinski definition) is 3. The topological polar surface area (TPSA) is 62.4 Å². The largest absolute Gasteiger partial charge is 0.369 e. The first-order valence-electron chi connectivity index (χ1n) is 7.72. The van der Waals surface area contributed by atoms with Crippen molar-refractivity contribution in [1.29, 1.82) is 0 Å². The van der Waals surface area contributed by atoms with Crippen molar-refractivity contribution in [3.05, 3.63) is 59.7 Å². The van der Waals surface area contributed by atoms with Crippen LogP contribution in [-0.4, -0.2) is 11.1 Å². The number of hydrogen-bond acceptors (Lipinski definition) is 1. The number of nitrogens with two attached hydrogens (primary N) is 1. The number of aryl methyl sites for hydroxylation is 2. The van der Waals surface area contributed by atoms with Crippen molar-refractivity contribution in [2.45, 2.75) is 26.7 Å². The first-order valence-corrected chi connectivity index (χ1v) is 8.12. The Hall–Kier alpha value is -2.40. The van der Waals surface area contributed by atoms with E-state index in [-0.39, 0.29) is 5.96 Å². The van der Waals surface area contributed by atoms with Gasteiger partial charge in [-0.25, -0.2) is 0 Å². The SMILES string of the molecule is CCc1cccc(CC)c1N/C(N)=N/C(=S)Nc1ccccc1. The van der Waals surface area contributed by atoms with Crippen LogP contribution in [0.5, 0.6) is 0 Å². The van der Waals surface area contributed by atoms with Gasteiger partial charge < -0.3 is 16.4 Å². The third-order valence-electron chi connectivity index (χ3n) is 3.50. The minimum atomic E-state index is 0.286. The summed E-state index contributed by atoms with van der Waals surface area (Å²) in [5.74, 6) is 0.286. The molecule has 5 heteroatoms. The maximum atomic E-state index is 6.02. The number of guanidine groups is 1. The summed E-state index contributed by atoms with van der Waals surface area (Å²) in [4.78, 5) is 4.22. The Kier molecular flexibility index (Phi) is 6.11. The third kappa shape index (κ3) is 4.79. The Morgan fingerprint density at radius 1 is 0.957 bits per heavy atom. The van der Waals surface area contributed by atoms with Crippen LogP contribution >= 0.6 is 12.2 Å². The summed E-state index contributed by atoms with van der Waals surface area (Å²) in [6.45, 7) is 4.24. The van der Waals surface area contributed by atoms with Gasteiger partial charge in [0.2, 0.25) is 11.1 Å². The van der Waals surface area contributed by atoms with Gasteiger partial charge in [-0.05, 0) is 48.3 Å². The number of benzene rings is 2. The molecule has 0 atom stereocenters. The fraction of sp³-hybridized carbons (Fsp3) is 0.222. The van der Waals surface area contributed by atoms with Crippen molar-refractivity contribution in [2.75, 3.05) is 10.6 Å². The number of anilines is 2. The maximum Gasteiger partial charge on any atom is 0.200 e. The first-order chi connectivity index (χ1) is 11.1. The quantitative estimate of drug-likeness (QED) is 0.452. The summed E-state index contributed by atoms with van der Waals surface area (Å²) < 4.78 is 0. The van der Waals surface area contributed by atoms with E-state index in [1.54, 1.807) is 0 Å². The van der Waals surface area contributed by atoms with E-state index in [0.29, 0.717) is 5.11 Å². The van der Waals surface area contributed by atoms with Crippen molar-refractivity contribution >= 4 is 34.7 Å². The molecule has 0 spiro atoms. The molecule has 0 saturated carbocycles. The third-order valence-corrected chi connectivity index (χ3v) is 3.69. The van der Waals surface area contributed by atoms with Gasteiger partial charge >= 0.3 is 0 Å². The predicted octanol–water partition coefficient (Wildman–Crippen LogP) is 3.94. The molecule has 0 aliphatic heterocycles. The molecule has 0 aliphatic rings. The molecule has 0 unspecified atom stereocenters. The average molecular weight is 326 g/mol. The first kappa shape index (κ1) is 17.0. The lowest BCUT2D eigenvalue weighted by molar-refractivity contribution is 1.09. The molecule has 0 saturated heterocycles. The van der Waals surface area contributed by atoms with Crippen molar-refractivity contribution in [3.63, 3.8) is 0 Å². The molecule has 0 fully saturated rings. The average Bonchev–Trinajstić information content (AvgIpc) is 2.55. The molecule has 4 N–H and O–H groups in total. The Bertz CT molecular complexity index is 673. The van der Waals surface area contributed by atoms with Gasteiger partial charge in [0.05, 0.1) is 0 Å². The van der Waals surface area contributed by atoms with E-state index in [9.17, 15) is 0 Å². The van der Waals surface area contributed by atoms with Crippen LogP contribution in [0.2, 0.25) is 0 Å². The fourth-order valence-corrected chi connectivity index (χ4v) is 2.56. The molecule has 0 aliphatic carbocycles. The summed E-state index contributed by atoms with van der Waals surface area (Å²) in [5, 5.41) is 6.56. The van der Waals surface area contributed by atoms with E-state index in [1.165, 1.54) is 11.1 Å². The van der Waals surface area contributed by atoms with Crippen LogP contribution in [0.25, 0.3) is 0 Å². The van der Waals surface area contributed by atoms with Gasteiger partial charge in [0.25, 0.3) is 0 Å². The molecule has 0 aromatic heterocycles. The number of rotatable bonds is 4. The second-order valence-electron chi connectivity index (χ2n) is 5.08. The zero-order valence-electron chi connectivity index (χ0n) is 13.5. The zero-order chi connectivity index (χ0) is 16.7. The highest BCUT2D eigenvalue weighted by Gasteiger charge is 2.07. The van der Waals surface area contributed by atoms with Crippen LogP contribution in [0.1, 0.15) is 25.0 Å². The highest BCUT2D eigenvalue weighted by atomic mass is 32.1. The summed E-state index contributed by atoms with van der Waals surface area (Å²) in [6, 6.07) is 15.9. The second-order valence-corrected chi connectivity index (χ2v) is 5.46. The Balaban J connectivity index is 2.12. The molecule has 0 radical (unpaired) electrons. The number of nitrogens with zero attached hydrogens (tertiary/aromatic N) is 1. The molecular weight excluding hydrogens is 304 g/mol. The van der Waals surface area contributed by atoms with Crippen LogP contribution in [0, 0.1) is 0 Å². The lowest BCUT2D eigenvalue weighted by Crippen LogP contribution is -2.26. The monoisotopic (exact) mass is 326 g/mol.